The second-order valence-electron chi connectivity index (χ2n) is 8.93. The molecule has 0 saturated heterocycles. The van der Waals surface area contributed by atoms with Gasteiger partial charge in [-0.05, 0) is 48.4 Å². The van der Waals surface area contributed by atoms with Crippen LogP contribution in [0.5, 0.6) is 0 Å². The van der Waals surface area contributed by atoms with Crippen molar-refractivity contribution in [3.63, 3.8) is 0 Å². The number of fused-ring (bicyclic) bond motifs is 3. The average Bonchev–Trinajstić information content (AvgIpc) is 3.18. The topological polar surface area (TPSA) is 95.9 Å². The number of aliphatic carboxylic acids is 1. The number of carbonyl (C=O) groups excluding carboxylic acids is 2. The molecule has 188 valence electrons. The maximum Gasteiger partial charge on any atom is 0.407 e. The van der Waals surface area contributed by atoms with Gasteiger partial charge in [0.1, 0.15) is 12.6 Å². The number of carboxylic acids is 1. The van der Waals surface area contributed by atoms with Crippen molar-refractivity contribution in [2.24, 2.45) is 0 Å². The summed E-state index contributed by atoms with van der Waals surface area (Å²) >= 11 is 0. The van der Waals surface area contributed by atoms with Crippen LogP contribution < -0.4 is 5.32 Å². The van der Waals surface area contributed by atoms with Crippen molar-refractivity contribution >= 4 is 18.0 Å². The highest BCUT2D eigenvalue weighted by Gasteiger charge is 2.30. The Morgan fingerprint density at radius 3 is 2.17 bits per heavy atom. The lowest BCUT2D eigenvalue weighted by Crippen LogP contribution is -2.49. The van der Waals surface area contributed by atoms with Crippen LogP contribution in [-0.2, 0) is 14.3 Å². The summed E-state index contributed by atoms with van der Waals surface area (Å²) in [7, 11) is 0. The number of rotatable bonds is 13. The van der Waals surface area contributed by atoms with Crippen molar-refractivity contribution < 1.29 is 24.2 Å². The van der Waals surface area contributed by atoms with Gasteiger partial charge >= 0.3 is 12.1 Å². The van der Waals surface area contributed by atoms with Gasteiger partial charge in [-0.15, -0.1) is 0 Å². The number of likely N-dealkylation sites (N-methyl/N-ethyl adjacent to an activating group) is 1. The Hall–Kier alpha value is -3.35. The van der Waals surface area contributed by atoms with Gasteiger partial charge in [0.05, 0.1) is 0 Å². The average molecular weight is 481 g/mol. The lowest BCUT2D eigenvalue weighted by Gasteiger charge is -2.27. The molecule has 3 rings (SSSR count). The number of unbranched alkanes of at least 4 members (excludes halogenated alkanes) is 2. The quantitative estimate of drug-likeness (QED) is 0.385. The van der Waals surface area contributed by atoms with Crippen LogP contribution in [0.15, 0.2) is 48.5 Å². The van der Waals surface area contributed by atoms with Crippen LogP contribution in [0.4, 0.5) is 4.79 Å². The number of nitrogens with zero attached hydrogens (tertiary/aromatic N) is 1. The fraction of sp³-hybridized carbons (Fsp3) is 0.464. The molecule has 2 amide bonds. The van der Waals surface area contributed by atoms with Crippen molar-refractivity contribution in [2.75, 3.05) is 19.7 Å². The molecule has 35 heavy (non-hydrogen) atoms. The minimum atomic E-state index is -0.836. The number of carboxylic acid groups (broad SMARTS) is 1. The Morgan fingerprint density at radius 2 is 1.60 bits per heavy atom. The van der Waals surface area contributed by atoms with Crippen molar-refractivity contribution in [1.82, 2.24) is 10.2 Å². The third kappa shape index (κ3) is 6.84. The zero-order valence-electron chi connectivity index (χ0n) is 20.7. The number of nitrogens with one attached hydrogen (secondary N) is 1. The molecule has 0 fully saturated rings. The van der Waals surface area contributed by atoms with E-state index in [9.17, 15) is 14.4 Å². The fourth-order valence-corrected chi connectivity index (χ4v) is 4.67. The number of benzene rings is 2. The van der Waals surface area contributed by atoms with E-state index in [1.165, 1.54) is 0 Å². The number of hydrogen-bond donors (Lipinski definition) is 2. The van der Waals surface area contributed by atoms with Gasteiger partial charge in [-0.1, -0.05) is 68.3 Å². The molecule has 1 atom stereocenters. The van der Waals surface area contributed by atoms with Crippen molar-refractivity contribution in [3.8, 4) is 11.1 Å². The highest BCUT2D eigenvalue weighted by atomic mass is 16.5. The number of ether oxygens (including phenoxy) is 1. The van der Waals surface area contributed by atoms with Crippen LogP contribution in [0.25, 0.3) is 11.1 Å². The van der Waals surface area contributed by atoms with Crippen LogP contribution in [-0.4, -0.2) is 53.7 Å². The van der Waals surface area contributed by atoms with Gasteiger partial charge in [0.2, 0.25) is 5.91 Å². The van der Waals surface area contributed by atoms with Crippen LogP contribution in [0.3, 0.4) is 0 Å². The second kappa shape index (κ2) is 12.9. The summed E-state index contributed by atoms with van der Waals surface area (Å²) in [5, 5.41) is 11.6. The molecule has 2 N–H and O–H groups in total. The number of hydrogen-bond acceptors (Lipinski definition) is 4. The number of carbonyl (C=O) groups is 3. The van der Waals surface area contributed by atoms with E-state index in [2.05, 4.69) is 29.6 Å². The minimum absolute atomic E-state index is 0.0423. The molecule has 7 heteroatoms. The minimum Gasteiger partial charge on any atom is -0.481 e. The van der Waals surface area contributed by atoms with E-state index in [0.717, 1.165) is 35.1 Å². The molecule has 2 aromatic rings. The summed E-state index contributed by atoms with van der Waals surface area (Å²) in [5.41, 5.74) is 4.60. The molecular formula is C28H36N2O5. The fourth-order valence-electron chi connectivity index (χ4n) is 4.67. The summed E-state index contributed by atoms with van der Waals surface area (Å²) < 4.78 is 5.65. The van der Waals surface area contributed by atoms with E-state index in [0.29, 0.717) is 32.4 Å². The summed E-state index contributed by atoms with van der Waals surface area (Å²) in [6, 6.07) is 15.7. The Labute approximate surface area is 207 Å². The Bertz CT molecular complexity index is 976. The Kier molecular flexibility index (Phi) is 9.70. The molecule has 0 aromatic heterocycles. The zero-order chi connectivity index (χ0) is 25.2. The summed E-state index contributed by atoms with van der Waals surface area (Å²) in [4.78, 5) is 38.4. The van der Waals surface area contributed by atoms with Gasteiger partial charge in [-0.25, -0.2) is 4.79 Å². The van der Waals surface area contributed by atoms with Crippen LogP contribution in [0, 0.1) is 0 Å². The Morgan fingerprint density at radius 1 is 0.971 bits per heavy atom. The van der Waals surface area contributed by atoms with Gasteiger partial charge in [0.25, 0.3) is 0 Å². The number of alkyl carbamates (subject to hydrolysis) is 1. The summed E-state index contributed by atoms with van der Waals surface area (Å²) in [6.45, 7) is 5.09. The first kappa shape index (κ1) is 26.3. The zero-order valence-corrected chi connectivity index (χ0v) is 20.7. The van der Waals surface area contributed by atoms with Crippen molar-refractivity contribution in [1.29, 1.82) is 0 Å². The standard InChI is InChI=1S/C28H36N2O5/c1-3-5-16-25(27(33)30(4-2)18-11-10-17-26(31)32)29-28(34)35-19-24-22-14-8-6-12-20(22)21-13-7-9-15-23(21)24/h6-9,12-15,24-25H,3-5,10-11,16-19H2,1-2H3,(H,29,34)(H,31,32)/t25-/m0/s1. The van der Waals surface area contributed by atoms with Crippen LogP contribution in [0.1, 0.15) is 69.4 Å². The molecule has 0 heterocycles. The highest BCUT2D eigenvalue weighted by molar-refractivity contribution is 5.86. The highest BCUT2D eigenvalue weighted by Crippen LogP contribution is 2.44. The molecule has 0 unspecified atom stereocenters. The second-order valence-corrected chi connectivity index (χ2v) is 8.93. The van der Waals surface area contributed by atoms with Crippen LogP contribution in [0.2, 0.25) is 0 Å². The largest absolute Gasteiger partial charge is 0.481 e. The van der Waals surface area contributed by atoms with E-state index in [1.54, 1.807) is 4.90 Å². The summed E-state index contributed by atoms with van der Waals surface area (Å²) in [5.74, 6) is -1.03. The van der Waals surface area contributed by atoms with E-state index in [-0.39, 0.29) is 24.9 Å². The molecule has 0 bridgehead atoms. The van der Waals surface area contributed by atoms with Crippen molar-refractivity contribution in [2.45, 2.75) is 64.3 Å². The monoisotopic (exact) mass is 480 g/mol. The van der Waals surface area contributed by atoms with Gasteiger partial charge in [0, 0.05) is 25.4 Å². The van der Waals surface area contributed by atoms with Gasteiger partial charge < -0.3 is 20.1 Å². The van der Waals surface area contributed by atoms with Gasteiger partial charge in [0.15, 0.2) is 0 Å². The van der Waals surface area contributed by atoms with Crippen LogP contribution >= 0.6 is 0 Å². The maximum atomic E-state index is 13.2. The SMILES string of the molecule is CCCC[C@H](NC(=O)OCC1c2ccccc2-c2ccccc21)C(=O)N(CC)CCCCC(=O)O. The lowest BCUT2D eigenvalue weighted by molar-refractivity contribution is -0.137. The molecule has 0 saturated carbocycles. The Balaban J connectivity index is 1.61. The van der Waals surface area contributed by atoms with Gasteiger partial charge in [-0.3, -0.25) is 9.59 Å². The number of amides is 2. The van der Waals surface area contributed by atoms with E-state index >= 15 is 0 Å². The smallest absolute Gasteiger partial charge is 0.407 e. The first-order valence-electron chi connectivity index (χ1n) is 12.6. The lowest BCUT2D eigenvalue weighted by atomic mass is 9.98. The third-order valence-corrected chi connectivity index (χ3v) is 6.54. The van der Waals surface area contributed by atoms with E-state index in [1.807, 2.05) is 38.1 Å². The molecule has 0 aliphatic heterocycles. The third-order valence-electron chi connectivity index (χ3n) is 6.54. The molecule has 0 radical (unpaired) electrons. The molecule has 1 aliphatic rings. The normalized spacial score (nSPS) is 13.0. The molecular weight excluding hydrogens is 444 g/mol. The van der Waals surface area contributed by atoms with E-state index in [4.69, 9.17) is 9.84 Å². The molecule has 7 nitrogen and oxygen atoms in total. The predicted octanol–water partition coefficient (Wildman–Crippen LogP) is 5.19. The first-order chi connectivity index (χ1) is 17.0. The van der Waals surface area contributed by atoms with Gasteiger partial charge in [-0.2, -0.15) is 0 Å². The molecule has 0 spiro atoms. The predicted molar refractivity (Wildman–Crippen MR) is 135 cm³/mol. The molecule has 1 aliphatic carbocycles. The molecule has 2 aromatic carbocycles. The summed E-state index contributed by atoms with van der Waals surface area (Å²) in [6.07, 6.45) is 2.85. The first-order valence-corrected chi connectivity index (χ1v) is 12.6. The van der Waals surface area contributed by atoms with E-state index < -0.39 is 18.1 Å². The maximum absolute atomic E-state index is 13.2. The van der Waals surface area contributed by atoms with Crippen molar-refractivity contribution in [3.05, 3.63) is 59.7 Å².